The van der Waals surface area contributed by atoms with E-state index in [4.69, 9.17) is 33.2 Å². The molecule has 1 aliphatic rings. The summed E-state index contributed by atoms with van der Waals surface area (Å²) in [6.07, 6.45) is -4.67. The Morgan fingerprint density at radius 2 is 0.967 bits per heavy atom. The van der Waals surface area contributed by atoms with Gasteiger partial charge in [-0.05, 0) is 34.7 Å². The largest absolute Gasteiger partial charge is 0.507 e. The second-order valence-electron chi connectivity index (χ2n) is 14.8. The molecule has 0 saturated carbocycles. The van der Waals surface area contributed by atoms with Crippen LogP contribution in [0.15, 0.2) is 158 Å². The van der Waals surface area contributed by atoms with Crippen LogP contribution in [0.1, 0.15) is 63.7 Å². The van der Waals surface area contributed by atoms with Crippen molar-refractivity contribution in [2.24, 2.45) is 0 Å². The predicted molar refractivity (Wildman–Crippen MR) is 229 cm³/mol. The van der Waals surface area contributed by atoms with Crippen molar-refractivity contribution in [3.05, 3.63) is 197 Å². The molecule has 0 bridgehead atoms. The number of hydrogen-bond donors (Lipinski definition) is 1. The maximum atomic E-state index is 13.5. The van der Waals surface area contributed by atoms with Gasteiger partial charge in [-0.2, -0.15) is 0 Å². The molecule has 10 heteroatoms. The molecule has 1 saturated heterocycles. The van der Waals surface area contributed by atoms with Crippen molar-refractivity contribution in [3.63, 3.8) is 0 Å². The van der Waals surface area contributed by atoms with E-state index in [-0.39, 0.29) is 62.3 Å². The van der Waals surface area contributed by atoms with Crippen LogP contribution in [-0.2, 0) is 61.5 Å². The molecule has 10 nitrogen and oxygen atoms in total. The number of hydrogen-bond acceptors (Lipinski definition) is 10. The van der Waals surface area contributed by atoms with Gasteiger partial charge in [0, 0.05) is 13.0 Å². The molecule has 1 N–H and O–H groups in total. The number of carbonyl (C=O) groups is 2. The zero-order valence-corrected chi connectivity index (χ0v) is 34.3. The Hall–Kier alpha value is -6.14. The van der Waals surface area contributed by atoms with E-state index in [0.717, 1.165) is 27.8 Å². The molecule has 1 heterocycles. The summed E-state index contributed by atoms with van der Waals surface area (Å²) in [5, 5.41) is 12.4. The maximum absolute atomic E-state index is 13.5. The summed E-state index contributed by atoms with van der Waals surface area (Å²) in [6.45, 7) is 3.53. The van der Waals surface area contributed by atoms with Crippen molar-refractivity contribution < 1.29 is 47.9 Å². The molecule has 5 atom stereocenters. The number of ether oxygens (including phenoxy) is 7. The first-order valence-corrected chi connectivity index (χ1v) is 20.3. The number of ketones is 1. The van der Waals surface area contributed by atoms with Crippen LogP contribution in [0.25, 0.3) is 0 Å². The van der Waals surface area contributed by atoms with Gasteiger partial charge in [-0.25, -0.2) is 0 Å². The lowest BCUT2D eigenvalue weighted by Crippen LogP contribution is -2.58. The van der Waals surface area contributed by atoms with Crippen molar-refractivity contribution in [2.75, 3.05) is 6.61 Å². The fraction of sp³-hybridized carbons (Fsp3) is 0.255. The van der Waals surface area contributed by atoms with Crippen molar-refractivity contribution in [1.29, 1.82) is 0 Å². The second-order valence-corrected chi connectivity index (χ2v) is 14.8. The average molecular weight is 823 g/mol. The van der Waals surface area contributed by atoms with Crippen LogP contribution in [0.4, 0.5) is 0 Å². The van der Waals surface area contributed by atoms with Crippen molar-refractivity contribution in [3.8, 4) is 17.2 Å². The highest BCUT2D eigenvalue weighted by Gasteiger charge is 2.51. The Balaban J connectivity index is 1.35. The number of Topliss-reactive ketones (excluding diaryl/α,β-unsaturated/α-hetero) is 1. The first kappa shape index (κ1) is 43.0. The summed E-state index contributed by atoms with van der Waals surface area (Å²) in [4.78, 5) is 26.4. The Labute approximate surface area is 356 Å². The lowest BCUT2D eigenvalue weighted by molar-refractivity contribution is -0.275. The number of rotatable bonds is 19. The van der Waals surface area contributed by atoms with Gasteiger partial charge in [-0.1, -0.05) is 152 Å². The van der Waals surface area contributed by atoms with Crippen molar-refractivity contribution in [2.45, 2.75) is 77.4 Å². The van der Waals surface area contributed by atoms with E-state index >= 15 is 0 Å². The molecule has 61 heavy (non-hydrogen) atoms. The van der Waals surface area contributed by atoms with Gasteiger partial charge in [0.1, 0.15) is 59.9 Å². The first-order valence-electron chi connectivity index (χ1n) is 20.3. The Morgan fingerprint density at radius 3 is 1.43 bits per heavy atom. The minimum absolute atomic E-state index is 0.0217. The number of aromatic hydroxyl groups is 1. The van der Waals surface area contributed by atoms with Crippen LogP contribution in [0.5, 0.6) is 17.2 Å². The summed E-state index contributed by atoms with van der Waals surface area (Å²) < 4.78 is 46.0. The number of carbonyl (C=O) groups excluding carboxylic acids is 2. The lowest BCUT2D eigenvalue weighted by Gasteiger charge is -2.46. The molecule has 0 unspecified atom stereocenters. The lowest BCUT2D eigenvalue weighted by atomic mass is 9.88. The van der Waals surface area contributed by atoms with E-state index in [2.05, 4.69) is 0 Å². The van der Waals surface area contributed by atoms with Gasteiger partial charge in [0.05, 0.1) is 38.6 Å². The Bertz CT molecular complexity index is 2290. The summed E-state index contributed by atoms with van der Waals surface area (Å²) >= 11 is 0. The quantitative estimate of drug-likeness (QED) is 0.0481. The highest BCUT2D eigenvalue weighted by atomic mass is 16.6. The molecule has 6 aromatic rings. The zero-order valence-electron chi connectivity index (χ0n) is 34.3. The van der Waals surface area contributed by atoms with Gasteiger partial charge in [-0.15, -0.1) is 0 Å². The third-order valence-electron chi connectivity index (χ3n) is 10.3. The summed E-state index contributed by atoms with van der Waals surface area (Å²) in [7, 11) is 0. The minimum Gasteiger partial charge on any atom is -0.507 e. The van der Waals surface area contributed by atoms with Crippen LogP contribution in [-0.4, -0.2) is 47.9 Å². The van der Waals surface area contributed by atoms with E-state index in [1.165, 1.54) is 19.9 Å². The molecule has 0 amide bonds. The van der Waals surface area contributed by atoms with Gasteiger partial charge in [0.2, 0.25) is 0 Å². The summed E-state index contributed by atoms with van der Waals surface area (Å²) in [5.41, 5.74) is 4.43. The molecule has 0 aromatic heterocycles. The molecule has 314 valence electrons. The van der Waals surface area contributed by atoms with E-state index < -0.39 is 48.0 Å². The smallest absolute Gasteiger partial charge is 0.308 e. The third-order valence-corrected chi connectivity index (χ3v) is 10.3. The Morgan fingerprint density at radius 1 is 0.541 bits per heavy atom. The van der Waals surface area contributed by atoms with Crippen molar-refractivity contribution >= 4 is 11.8 Å². The van der Waals surface area contributed by atoms with E-state index in [9.17, 15) is 14.7 Å². The van der Waals surface area contributed by atoms with Crippen LogP contribution >= 0.6 is 0 Å². The minimum atomic E-state index is -1.19. The topological polar surface area (TPSA) is 119 Å². The fourth-order valence-electron chi connectivity index (χ4n) is 7.36. The number of phenolic OH excluding ortho intramolecular Hbond substituents is 1. The molecule has 1 fully saturated rings. The second kappa shape index (κ2) is 21.4. The van der Waals surface area contributed by atoms with Crippen LogP contribution in [0.3, 0.4) is 0 Å². The van der Waals surface area contributed by atoms with E-state index in [0.29, 0.717) is 0 Å². The molecule has 1 aliphatic heterocycles. The standard InChI is InChI=1S/C51H50O10/c1-35(52)45-42(56-30-38-20-10-4-11-21-38)28-43(60-36(2)53)46(47(45)54)49-51(59-33-41-26-16-7-17-27-41)50(58-32-40-24-14-6-15-25-40)48(57-31-39-22-12-5-13-23-39)44(61-49)34-55-29-37-18-8-3-9-19-37/h3-28,44,48-51,54H,29-34H2,1-2H3/t44-,48-,49+,50+,51+/m1/s1. The van der Waals surface area contributed by atoms with E-state index in [1.807, 2.05) is 152 Å². The highest BCUT2D eigenvalue weighted by Crippen LogP contribution is 2.49. The van der Waals surface area contributed by atoms with Gasteiger partial charge in [0.25, 0.3) is 0 Å². The molecule has 0 radical (unpaired) electrons. The number of benzene rings is 6. The summed E-state index contributed by atoms with van der Waals surface area (Å²) in [6, 6.07) is 49.8. The zero-order chi connectivity index (χ0) is 42.4. The molecule has 0 aliphatic carbocycles. The van der Waals surface area contributed by atoms with Crippen molar-refractivity contribution in [1.82, 2.24) is 0 Å². The first-order chi connectivity index (χ1) is 29.8. The maximum Gasteiger partial charge on any atom is 0.308 e. The van der Waals surface area contributed by atoms with Crippen LogP contribution < -0.4 is 9.47 Å². The Kier molecular flexibility index (Phi) is 15.1. The molecular formula is C51H50O10. The van der Waals surface area contributed by atoms with Crippen LogP contribution in [0, 0.1) is 0 Å². The van der Waals surface area contributed by atoms with Gasteiger partial charge < -0.3 is 38.3 Å². The monoisotopic (exact) mass is 822 g/mol. The number of phenols is 1. The van der Waals surface area contributed by atoms with E-state index in [1.54, 1.807) is 0 Å². The molecule has 0 spiro atoms. The SMILES string of the molecule is CC(=O)Oc1cc(OCc2ccccc2)c(C(C)=O)c(O)c1[C@@H]1O[C@H](COCc2ccccc2)[C@@H](OCc2ccccc2)[C@H](OCc2ccccc2)[C@H]1OCc1ccccc1. The van der Waals surface area contributed by atoms with Crippen LogP contribution in [0.2, 0.25) is 0 Å². The summed E-state index contributed by atoms with van der Waals surface area (Å²) in [5.74, 6) is -1.63. The normalized spacial score (nSPS) is 18.6. The average Bonchev–Trinajstić information content (AvgIpc) is 3.28. The molecule has 7 rings (SSSR count). The molecular weight excluding hydrogens is 773 g/mol. The predicted octanol–water partition coefficient (Wildman–Crippen LogP) is 9.51. The van der Waals surface area contributed by atoms with Gasteiger partial charge in [-0.3, -0.25) is 9.59 Å². The third kappa shape index (κ3) is 11.6. The number of esters is 1. The van der Waals surface area contributed by atoms with Gasteiger partial charge in [0.15, 0.2) is 5.78 Å². The van der Waals surface area contributed by atoms with Gasteiger partial charge >= 0.3 is 5.97 Å². The fourth-order valence-corrected chi connectivity index (χ4v) is 7.36. The highest BCUT2D eigenvalue weighted by molar-refractivity contribution is 6.00. The molecule has 6 aromatic carbocycles.